The zero-order chi connectivity index (χ0) is 29.0. The predicted octanol–water partition coefficient (Wildman–Crippen LogP) is 5.41. The molecular formula is C30H25FN2O7S. The molecule has 9 nitrogen and oxygen atoms in total. The number of methoxy groups -OCH3 is 3. The molecule has 210 valence electrons. The van der Waals surface area contributed by atoms with Crippen LogP contribution in [0.5, 0.6) is 23.0 Å². The quantitative estimate of drug-likeness (QED) is 0.185. The lowest BCUT2D eigenvalue weighted by Crippen LogP contribution is -2.29. The molecule has 1 aromatic heterocycles. The number of hydrogen-bond acceptors (Lipinski definition) is 9. The molecule has 3 aromatic carbocycles. The van der Waals surface area contributed by atoms with E-state index in [4.69, 9.17) is 18.9 Å². The van der Waals surface area contributed by atoms with Gasteiger partial charge in [-0.3, -0.25) is 14.5 Å². The average Bonchev–Trinajstić information content (AvgIpc) is 3.63. The Labute approximate surface area is 238 Å². The number of benzene rings is 3. The molecule has 1 saturated heterocycles. The van der Waals surface area contributed by atoms with Crippen molar-refractivity contribution >= 4 is 44.1 Å². The normalized spacial score (nSPS) is 19.4. The number of nitrogens with zero attached hydrogens (tertiary/aromatic N) is 2. The zero-order valence-electron chi connectivity index (χ0n) is 22.6. The van der Waals surface area contributed by atoms with Gasteiger partial charge in [0.25, 0.3) is 5.78 Å². The third-order valence-electron chi connectivity index (χ3n) is 7.16. The molecule has 11 heteroatoms. The van der Waals surface area contributed by atoms with Gasteiger partial charge in [0, 0.05) is 12.0 Å². The van der Waals surface area contributed by atoms with Crippen molar-refractivity contribution in [2.75, 3.05) is 26.2 Å². The Morgan fingerprint density at radius 3 is 2.46 bits per heavy atom. The molecule has 2 atom stereocenters. The molecule has 0 bridgehead atoms. The van der Waals surface area contributed by atoms with Crippen molar-refractivity contribution in [1.82, 2.24) is 4.98 Å². The van der Waals surface area contributed by atoms with Gasteiger partial charge in [0.1, 0.15) is 23.4 Å². The highest BCUT2D eigenvalue weighted by Gasteiger charge is 2.48. The number of aliphatic hydroxyl groups excluding tert-OH is 1. The second-order valence-electron chi connectivity index (χ2n) is 9.69. The monoisotopic (exact) mass is 576 g/mol. The summed E-state index contributed by atoms with van der Waals surface area (Å²) in [5.41, 5.74) is 1.98. The van der Waals surface area contributed by atoms with E-state index in [2.05, 4.69) is 4.98 Å². The molecule has 2 aliphatic rings. The lowest BCUT2D eigenvalue weighted by Gasteiger charge is -2.24. The van der Waals surface area contributed by atoms with Crippen LogP contribution in [0.25, 0.3) is 16.0 Å². The fraction of sp³-hybridized carbons (Fsp3) is 0.233. The summed E-state index contributed by atoms with van der Waals surface area (Å²) in [5, 5.41) is 11.8. The summed E-state index contributed by atoms with van der Waals surface area (Å²) >= 11 is 1.06. The van der Waals surface area contributed by atoms with E-state index in [1.165, 1.54) is 44.4 Å². The molecule has 3 heterocycles. The second kappa shape index (κ2) is 10.1. The second-order valence-corrected chi connectivity index (χ2v) is 10.7. The highest BCUT2D eigenvalue weighted by atomic mass is 32.1. The minimum Gasteiger partial charge on any atom is -0.507 e. The maximum Gasteiger partial charge on any atom is 0.301 e. The number of halogens is 1. The molecule has 0 radical (unpaired) electrons. The molecule has 41 heavy (non-hydrogen) atoms. The number of hydrogen-bond donors (Lipinski definition) is 1. The predicted molar refractivity (Wildman–Crippen MR) is 151 cm³/mol. The minimum atomic E-state index is -1.11. The first-order valence-electron chi connectivity index (χ1n) is 12.7. The fourth-order valence-electron chi connectivity index (χ4n) is 5.32. The number of thiazole rings is 1. The summed E-state index contributed by atoms with van der Waals surface area (Å²) in [6, 6.07) is 11.3. The summed E-state index contributed by atoms with van der Waals surface area (Å²) in [4.78, 5) is 33.1. The molecule has 0 aliphatic carbocycles. The van der Waals surface area contributed by atoms with Crippen LogP contribution in [-0.4, -0.2) is 49.2 Å². The Kier molecular flexibility index (Phi) is 6.53. The van der Waals surface area contributed by atoms with Crippen molar-refractivity contribution in [2.24, 2.45) is 0 Å². The van der Waals surface area contributed by atoms with E-state index in [0.29, 0.717) is 50.8 Å². The summed E-state index contributed by atoms with van der Waals surface area (Å²) in [7, 11) is 4.37. The Morgan fingerprint density at radius 1 is 1.05 bits per heavy atom. The summed E-state index contributed by atoms with van der Waals surface area (Å²) in [6.45, 7) is 1.94. The first-order chi connectivity index (χ1) is 19.7. The van der Waals surface area contributed by atoms with Crippen molar-refractivity contribution in [3.05, 3.63) is 76.6 Å². The first-order valence-corrected chi connectivity index (χ1v) is 13.5. The van der Waals surface area contributed by atoms with Crippen LogP contribution >= 0.6 is 11.3 Å². The van der Waals surface area contributed by atoms with Gasteiger partial charge in [-0.2, -0.15) is 0 Å². The van der Waals surface area contributed by atoms with Crippen LogP contribution < -0.4 is 23.8 Å². The number of amides is 1. The number of anilines is 1. The van der Waals surface area contributed by atoms with Crippen LogP contribution in [-0.2, 0) is 16.0 Å². The lowest BCUT2D eigenvalue weighted by atomic mass is 9.94. The number of carbonyl (C=O) groups excluding carboxylic acids is 2. The van der Waals surface area contributed by atoms with Gasteiger partial charge in [0.05, 0.1) is 43.2 Å². The summed E-state index contributed by atoms with van der Waals surface area (Å²) in [5.74, 6) is -0.967. The van der Waals surface area contributed by atoms with Gasteiger partial charge in [-0.25, -0.2) is 9.37 Å². The number of Topliss-reactive ketones (excluding diaryl/α,β-unsaturated/α-hetero) is 1. The van der Waals surface area contributed by atoms with Gasteiger partial charge in [-0.15, -0.1) is 0 Å². The van der Waals surface area contributed by atoms with E-state index in [1.807, 2.05) is 6.92 Å². The molecule has 2 aliphatic heterocycles. The molecular weight excluding hydrogens is 551 g/mol. The zero-order valence-corrected chi connectivity index (χ0v) is 23.4. The van der Waals surface area contributed by atoms with Crippen molar-refractivity contribution in [3.63, 3.8) is 0 Å². The van der Waals surface area contributed by atoms with Gasteiger partial charge in [0.2, 0.25) is 5.75 Å². The van der Waals surface area contributed by atoms with E-state index in [1.54, 1.807) is 30.3 Å². The standard InChI is InChI=1S/C30H25FN2O7S/c1-14-9-16-10-15(5-8-20(16)40-14)26(34)24-25(17-11-21(37-2)28(39-4)22(12-17)38-3)33(29(36)27(24)35)30-32-19-7-6-18(31)13-23(19)41-30/h5-8,10-14,25,34H,9H2,1-4H3/b26-24+/t14-,25+/m0/s1. The highest BCUT2D eigenvalue weighted by molar-refractivity contribution is 7.22. The largest absolute Gasteiger partial charge is 0.507 e. The number of ketones is 1. The van der Waals surface area contributed by atoms with E-state index in [9.17, 15) is 19.1 Å². The number of ether oxygens (including phenoxy) is 4. The Bertz CT molecular complexity index is 1740. The number of rotatable bonds is 6. The van der Waals surface area contributed by atoms with Crippen LogP contribution in [0.1, 0.15) is 29.7 Å². The van der Waals surface area contributed by atoms with Gasteiger partial charge in [0.15, 0.2) is 16.6 Å². The third kappa shape index (κ3) is 4.33. The maximum atomic E-state index is 14.0. The van der Waals surface area contributed by atoms with E-state index in [0.717, 1.165) is 16.9 Å². The fourth-order valence-corrected chi connectivity index (χ4v) is 6.34. The molecule has 1 amide bonds. The Hall–Kier alpha value is -4.64. The minimum absolute atomic E-state index is 0.0175. The smallest absolute Gasteiger partial charge is 0.301 e. The van der Waals surface area contributed by atoms with Gasteiger partial charge >= 0.3 is 5.91 Å². The molecule has 1 N–H and O–H groups in total. The van der Waals surface area contributed by atoms with Gasteiger partial charge in [-0.1, -0.05) is 11.3 Å². The van der Waals surface area contributed by atoms with Crippen LogP contribution in [0.2, 0.25) is 0 Å². The first kappa shape index (κ1) is 26.6. The summed E-state index contributed by atoms with van der Waals surface area (Å²) < 4.78 is 36.8. The molecule has 4 aromatic rings. The van der Waals surface area contributed by atoms with E-state index < -0.39 is 23.5 Å². The van der Waals surface area contributed by atoms with Crippen LogP contribution in [0.4, 0.5) is 9.52 Å². The average molecular weight is 577 g/mol. The van der Waals surface area contributed by atoms with Crippen LogP contribution in [0.3, 0.4) is 0 Å². The molecule has 1 fully saturated rings. The van der Waals surface area contributed by atoms with Crippen LogP contribution in [0, 0.1) is 5.82 Å². The van der Waals surface area contributed by atoms with Crippen molar-refractivity contribution in [1.29, 1.82) is 0 Å². The van der Waals surface area contributed by atoms with Gasteiger partial charge < -0.3 is 24.1 Å². The third-order valence-corrected chi connectivity index (χ3v) is 8.18. The Morgan fingerprint density at radius 2 is 1.78 bits per heavy atom. The molecule has 0 spiro atoms. The number of aliphatic hydroxyl groups is 1. The maximum absolute atomic E-state index is 14.0. The number of carbonyl (C=O) groups is 2. The molecule has 6 rings (SSSR count). The molecule has 0 unspecified atom stereocenters. The Balaban J connectivity index is 1.59. The number of fused-ring (bicyclic) bond motifs is 2. The van der Waals surface area contributed by atoms with E-state index in [-0.39, 0.29) is 22.6 Å². The SMILES string of the molecule is COc1cc([C@@H]2/C(=C(\O)c3ccc4c(c3)C[C@H](C)O4)C(=O)C(=O)N2c2nc3ccc(F)cc3s2)cc(OC)c1OC. The van der Waals surface area contributed by atoms with Crippen molar-refractivity contribution in [2.45, 2.75) is 25.5 Å². The topological polar surface area (TPSA) is 107 Å². The molecule has 0 saturated carbocycles. The highest BCUT2D eigenvalue weighted by Crippen LogP contribution is 2.48. The van der Waals surface area contributed by atoms with Crippen LogP contribution in [0.15, 0.2) is 54.1 Å². The summed E-state index contributed by atoms with van der Waals surface area (Å²) in [6.07, 6.45) is 0.625. The number of aromatic nitrogens is 1. The van der Waals surface area contributed by atoms with Crippen molar-refractivity contribution in [3.8, 4) is 23.0 Å². The van der Waals surface area contributed by atoms with Crippen molar-refractivity contribution < 1.29 is 38.0 Å². The lowest BCUT2D eigenvalue weighted by molar-refractivity contribution is -0.132. The van der Waals surface area contributed by atoms with E-state index >= 15 is 0 Å². The van der Waals surface area contributed by atoms with Gasteiger partial charge in [-0.05, 0) is 66.6 Å².